The van der Waals surface area contributed by atoms with Crippen molar-refractivity contribution >= 4 is 21.9 Å². The normalized spacial score (nSPS) is 10.6. The van der Waals surface area contributed by atoms with Crippen molar-refractivity contribution in [3.63, 3.8) is 0 Å². The molecule has 0 amide bonds. The molecule has 2 aromatic heterocycles. The summed E-state index contributed by atoms with van der Waals surface area (Å²) in [6, 6.07) is 0. The van der Waals surface area contributed by atoms with E-state index < -0.39 is 5.97 Å². The number of hydrogen-bond acceptors (Lipinski definition) is 4. The Labute approximate surface area is 112 Å². The lowest BCUT2D eigenvalue weighted by molar-refractivity contribution is -0.136. The molecule has 18 heavy (non-hydrogen) atoms. The minimum Gasteiger partial charge on any atom is -0.481 e. The van der Waals surface area contributed by atoms with Crippen molar-refractivity contribution in [3.05, 3.63) is 33.9 Å². The summed E-state index contributed by atoms with van der Waals surface area (Å²) in [5.74, 6) is -0.273. The Balaban J connectivity index is 2.54. The van der Waals surface area contributed by atoms with Crippen LogP contribution in [-0.2, 0) is 11.2 Å². The van der Waals surface area contributed by atoms with E-state index >= 15 is 0 Å². The quantitative estimate of drug-likeness (QED) is 0.932. The monoisotopic (exact) mass is 310 g/mol. The molecule has 0 saturated heterocycles. The average Bonchev–Trinajstić information content (AvgIpc) is 2.57. The van der Waals surface area contributed by atoms with Crippen LogP contribution in [0.25, 0.3) is 5.82 Å². The molecular weight excluding hydrogens is 300 g/mol. The summed E-state index contributed by atoms with van der Waals surface area (Å²) in [6.45, 7) is 3.61. The molecule has 7 heteroatoms. The number of nitrogens with zero attached hydrogens (tertiary/aromatic N) is 4. The van der Waals surface area contributed by atoms with Gasteiger partial charge in [-0.05, 0) is 29.8 Å². The van der Waals surface area contributed by atoms with Gasteiger partial charge in [-0.1, -0.05) is 0 Å². The fourth-order valence-corrected chi connectivity index (χ4v) is 2.14. The molecule has 0 fully saturated rings. The summed E-state index contributed by atoms with van der Waals surface area (Å²) in [5, 5.41) is 13.2. The first-order valence-electron chi connectivity index (χ1n) is 5.23. The predicted octanol–water partition coefficient (Wildman–Crippen LogP) is 1.67. The summed E-state index contributed by atoms with van der Waals surface area (Å²) < 4.78 is 2.33. The van der Waals surface area contributed by atoms with E-state index in [4.69, 9.17) is 5.11 Å². The van der Waals surface area contributed by atoms with Crippen molar-refractivity contribution in [2.45, 2.75) is 20.3 Å². The van der Waals surface area contributed by atoms with Crippen molar-refractivity contribution in [3.8, 4) is 5.82 Å². The molecule has 0 spiro atoms. The Bertz CT molecular complexity index is 609. The SMILES string of the molecule is Cc1nn(-c2ncncc2Br)c(C)c1CC(=O)O. The van der Waals surface area contributed by atoms with Gasteiger partial charge in [0.2, 0.25) is 0 Å². The van der Waals surface area contributed by atoms with E-state index in [1.807, 2.05) is 6.92 Å². The highest BCUT2D eigenvalue weighted by atomic mass is 79.9. The summed E-state index contributed by atoms with van der Waals surface area (Å²) in [6.07, 6.45) is 3.00. The van der Waals surface area contributed by atoms with Gasteiger partial charge in [0, 0.05) is 17.5 Å². The topological polar surface area (TPSA) is 80.9 Å². The third-order valence-corrected chi connectivity index (χ3v) is 3.18. The maximum absolute atomic E-state index is 10.8. The van der Waals surface area contributed by atoms with Crippen molar-refractivity contribution in [2.75, 3.05) is 0 Å². The third kappa shape index (κ3) is 2.26. The maximum atomic E-state index is 10.8. The van der Waals surface area contributed by atoms with Crippen LogP contribution in [0.2, 0.25) is 0 Å². The van der Waals surface area contributed by atoms with Crippen LogP contribution in [0.3, 0.4) is 0 Å². The van der Waals surface area contributed by atoms with Crippen molar-refractivity contribution in [1.29, 1.82) is 0 Å². The molecule has 6 nitrogen and oxygen atoms in total. The number of carboxylic acids is 1. The fourth-order valence-electron chi connectivity index (χ4n) is 1.75. The standard InChI is InChI=1S/C11H11BrN4O2/c1-6-8(3-10(17)18)7(2)16(15-6)11-9(12)4-13-5-14-11/h4-5H,3H2,1-2H3,(H,17,18). The van der Waals surface area contributed by atoms with E-state index in [2.05, 4.69) is 31.0 Å². The molecule has 1 N–H and O–H groups in total. The van der Waals surface area contributed by atoms with Crippen LogP contribution < -0.4 is 0 Å². The van der Waals surface area contributed by atoms with E-state index in [9.17, 15) is 4.79 Å². The van der Waals surface area contributed by atoms with Crippen molar-refractivity contribution in [2.24, 2.45) is 0 Å². The summed E-state index contributed by atoms with van der Waals surface area (Å²) in [4.78, 5) is 18.8. The van der Waals surface area contributed by atoms with Gasteiger partial charge in [0.1, 0.15) is 6.33 Å². The lowest BCUT2D eigenvalue weighted by Gasteiger charge is -2.05. The number of hydrogen-bond donors (Lipinski definition) is 1. The molecule has 0 radical (unpaired) electrons. The van der Waals surface area contributed by atoms with Gasteiger partial charge in [0.05, 0.1) is 16.6 Å². The number of aryl methyl sites for hydroxylation is 1. The molecule has 0 bridgehead atoms. The van der Waals surface area contributed by atoms with Crippen LogP contribution >= 0.6 is 15.9 Å². The van der Waals surface area contributed by atoms with Gasteiger partial charge >= 0.3 is 5.97 Å². The Morgan fingerprint density at radius 1 is 1.50 bits per heavy atom. The summed E-state index contributed by atoms with van der Waals surface area (Å²) in [5.41, 5.74) is 2.18. The first-order chi connectivity index (χ1) is 8.50. The second-order valence-electron chi connectivity index (χ2n) is 3.83. The highest BCUT2D eigenvalue weighted by Crippen LogP contribution is 2.21. The average molecular weight is 311 g/mol. The van der Waals surface area contributed by atoms with Crippen LogP contribution in [0, 0.1) is 13.8 Å². The van der Waals surface area contributed by atoms with Gasteiger partial charge in [-0.25, -0.2) is 14.6 Å². The lowest BCUT2D eigenvalue weighted by atomic mass is 10.1. The number of aliphatic carboxylic acids is 1. The molecular formula is C11H11BrN4O2. The van der Waals surface area contributed by atoms with Gasteiger partial charge in [0.25, 0.3) is 0 Å². The number of aromatic nitrogens is 4. The van der Waals surface area contributed by atoms with E-state index in [-0.39, 0.29) is 6.42 Å². The van der Waals surface area contributed by atoms with Gasteiger partial charge in [-0.15, -0.1) is 0 Å². The molecule has 0 aliphatic heterocycles. The van der Waals surface area contributed by atoms with Gasteiger partial charge in [-0.3, -0.25) is 4.79 Å². The molecule has 0 aliphatic carbocycles. The number of carboxylic acid groups (broad SMARTS) is 1. The van der Waals surface area contributed by atoms with Crippen LogP contribution in [-0.4, -0.2) is 30.8 Å². The number of carbonyl (C=O) groups is 1. The zero-order chi connectivity index (χ0) is 13.3. The Kier molecular flexibility index (Phi) is 3.42. The minimum absolute atomic E-state index is 0.0413. The molecule has 2 heterocycles. The van der Waals surface area contributed by atoms with Crippen LogP contribution in [0.15, 0.2) is 17.0 Å². The zero-order valence-corrected chi connectivity index (χ0v) is 11.5. The Hall–Kier alpha value is -1.76. The summed E-state index contributed by atoms with van der Waals surface area (Å²) >= 11 is 3.35. The molecule has 94 valence electrons. The number of rotatable bonds is 3. The van der Waals surface area contributed by atoms with E-state index in [0.717, 1.165) is 5.69 Å². The zero-order valence-electron chi connectivity index (χ0n) is 9.88. The van der Waals surface area contributed by atoms with E-state index in [1.54, 1.807) is 17.8 Å². The first-order valence-corrected chi connectivity index (χ1v) is 6.02. The van der Waals surface area contributed by atoms with Gasteiger partial charge < -0.3 is 5.11 Å². The smallest absolute Gasteiger partial charge is 0.307 e. The maximum Gasteiger partial charge on any atom is 0.307 e. The first kappa shape index (κ1) is 12.7. The van der Waals surface area contributed by atoms with Crippen molar-refractivity contribution < 1.29 is 9.90 Å². The second-order valence-corrected chi connectivity index (χ2v) is 4.68. The van der Waals surface area contributed by atoms with E-state index in [0.29, 0.717) is 21.5 Å². The van der Waals surface area contributed by atoms with Gasteiger partial charge in [-0.2, -0.15) is 5.10 Å². The lowest BCUT2D eigenvalue weighted by Crippen LogP contribution is -2.05. The number of halogens is 1. The molecule has 0 aromatic carbocycles. The van der Waals surface area contributed by atoms with Crippen molar-refractivity contribution in [1.82, 2.24) is 19.7 Å². The third-order valence-electron chi connectivity index (χ3n) is 2.62. The molecule has 0 unspecified atom stereocenters. The van der Waals surface area contributed by atoms with Crippen LogP contribution in [0.1, 0.15) is 17.0 Å². The van der Waals surface area contributed by atoms with Gasteiger partial charge in [0.15, 0.2) is 5.82 Å². The Morgan fingerprint density at radius 2 is 2.22 bits per heavy atom. The molecule has 0 atom stereocenters. The van der Waals surface area contributed by atoms with E-state index in [1.165, 1.54) is 6.33 Å². The van der Waals surface area contributed by atoms with Crippen LogP contribution in [0.5, 0.6) is 0 Å². The largest absolute Gasteiger partial charge is 0.481 e. The molecule has 2 rings (SSSR count). The summed E-state index contributed by atoms with van der Waals surface area (Å²) in [7, 11) is 0. The highest BCUT2D eigenvalue weighted by molar-refractivity contribution is 9.10. The molecule has 0 saturated carbocycles. The fraction of sp³-hybridized carbons (Fsp3) is 0.273. The Morgan fingerprint density at radius 3 is 2.83 bits per heavy atom. The highest BCUT2D eigenvalue weighted by Gasteiger charge is 2.17. The predicted molar refractivity (Wildman–Crippen MR) is 67.7 cm³/mol. The van der Waals surface area contributed by atoms with Crippen LogP contribution in [0.4, 0.5) is 0 Å². The molecule has 2 aromatic rings. The second kappa shape index (κ2) is 4.85. The minimum atomic E-state index is -0.873. The molecule has 0 aliphatic rings.